The molecule has 3 heteroatoms. The van der Waals surface area contributed by atoms with E-state index in [1.54, 1.807) is 0 Å². The van der Waals surface area contributed by atoms with Gasteiger partial charge in [0, 0.05) is 12.6 Å². The molecule has 1 aliphatic heterocycles. The molecule has 3 aliphatic rings. The molecule has 0 spiro atoms. The van der Waals surface area contributed by atoms with Crippen LogP contribution in [-0.4, -0.2) is 31.8 Å². The standard InChI is InChI=1S/C17H32N2O/c18-9-8-14-11-19-17-7-6-15(10-16(14)17)20-12-13-4-2-1-3-5-13/h13-17,19H,1-12,18H2. The average molecular weight is 280 g/mol. The Morgan fingerprint density at radius 3 is 2.70 bits per heavy atom. The summed E-state index contributed by atoms with van der Waals surface area (Å²) in [6.45, 7) is 3.04. The van der Waals surface area contributed by atoms with Crippen LogP contribution in [0.5, 0.6) is 0 Å². The summed E-state index contributed by atoms with van der Waals surface area (Å²) in [5.74, 6) is 2.47. The first-order chi connectivity index (χ1) is 9.86. The van der Waals surface area contributed by atoms with Gasteiger partial charge in [-0.15, -0.1) is 0 Å². The van der Waals surface area contributed by atoms with Crippen molar-refractivity contribution in [2.24, 2.45) is 23.5 Å². The lowest BCUT2D eigenvalue weighted by Crippen LogP contribution is -2.37. The molecule has 0 radical (unpaired) electrons. The molecule has 2 saturated carbocycles. The number of rotatable bonds is 5. The van der Waals surface area contributed by atoms with Gasteiger partial charge >= 0.3 is 0 Å². The van der Waals surface area contributed by atoms with Crippen LogP contribution in [0.2, 0.25) is 0 Å². The van der Waals surface area contributed by atoms with Crippen molar-refractivity contribution in [3.8, 4) is 0 Å². The number of nitrogens with two attached hydrogens (primary N) is 1. The molecule has 0 amide bonds. The maximum absolute atomic E-state index is 6.30. The Morgan fingerprint density at radius 2 is 1.90 bits per heavy atom. The Balaban J connectivity index is 1.44. The largest absolute Gasteiger partial charge is 0.378 e. The van der Waals surface area contributed by atoms with E-state index in [1.807, 2.05) is 0 Å². The van der Waals surface area contributed by atoms with E-state index in [4.69, 9.17) is 10.5 Å². The van der Waals surface area contributed by atoms with Gasteiger partial charge in [0.2, 0.25) is 0 Å². The maximum atomic E-state index is 6.30. The summed E-state index contributed by atoms with van der Waals surface area (Å²) in [6, 6.07) is 0.751. The van der Waals surface area contributed by atoms with E-state index < -0.39 is 0 Å². The van der Waals surface area contributed by atoms with Crippen LogP contribution < -0.4 is 11.1 Å². The molecular weight excluding hydrogens is 248 g/mol. The maximum Gasteiger partial charge on any atom is 0.0579 e. The van der Waals surface area contributed by atoms with Crippen LogP contribution in [0.1, 0.15) is 57.8 Å². The van der Waals surface area contributed by atoms with Crippen molar-refractivity contribution in [3.05, 3.63) is 0 Å². The van der Waals surface area contributed by atoms with Crippen molar-refractivity contribution in [1.82, 2.24) is 5.32 Å². The van der Waals surface area contributed by atoms with E-state index in [2.05, 4.69) is 5.32 Å². The van der Waals surface area contributed by atoms with Crippen molar-refractivity contribution < 1.29 is 4.74 Å². The van der Waals surface area contributed by atoms with Crippen LogP contribution in [0, 0.1) is 17.8 Å². The van der Waals surface area contributed by atoms with Crippen molar-refractivity contribution in [3.63, 3.8) is 0 Å². The van der Waals surface area contributed by atoms with Gasteiger partial charge in [0.1, 0.15) is 0 Å². The fourth-order valence-electron chi connectivity index (χ4n) is 4.70. The second kappa shape index (κ2) is 7.24. The normalized spacial score (nSPS) is 38.9. The predicted octanol–water partition coefficient (Wildman–Crippen LogP) is 2.69. The smallest absolute Gasteiger partial charge is 0.0579 e. The Labute approximate surface area is 124 Å². The summed E-state index contributed by atoms with van der Waals surface area (Å²) >= 11 is 0. The van der Waals surface area contributed by atoms with E-state index in [1.165, 1.54) is 64.3 Å². The van der Waals surface area contributed by atoms with E-state index in [-0.39, 0.29) is 0 Å². The zero-order valence-electron chi connectivity index (χ0n) is 12.9. The molecule has 0 aromatic rings. The molecule has 4 atom stereocenters. The van der Waals surface area contributed by atoms with Gasteiger partial charge in [0.25, 0.3) is 0 Å². The molecular formula is C17H32N2O. The minimum Gasteiger partial charge on any atom is -0.378 e. The minimum atomic E-state index is 0.526. The van der Waals surface area contributed by atoms with Gasteiger partial charge in [0.05, 0.1) is 6.10 Å². The van der Waals surface area contributed by atoms with Gasteiger partial charge in [-0.1, -0.05) is 19.3 Å². The Kier molecular flexibility index (Phi) is 5.36. The summed E-state index contributed by atoms with van der Waals surface area (Å²) in [4.78, 5) is 0. The molecule has 3 nitrogen and oxygen atoms in total. The SMILES string of the molecule is NCCC1CNC2CCC(OCC3CCCCC3)CC12. The fraction of sp³-hybridized carbons (Fsp3) is 1.00. The summed E-state index contributed by atoms with van der Waals surface area (Å²) < 4.78 is 6.30. The van der Waals surface area contributed by atoms with Gasteiger partial charge in [0.15, 0.2) is 0 Å². The third-order valence-electron chi connectivity index (χ3n) is 5.93. The van der Waals surface area contributed by atoms with E-state index in [9.17, 15) is 0 Å². The van der Waals surface area contributed by atoms with Crippen LogP contribution in [0.3, 0.4) is 0 Å². The van der Waals surface area contributed by atoms with Crippen molar-refractivity contribution in [2.45, 2.75) is 69.9 Å². The molecule has 0 aromatic heterocycles. The van der Waals surface area contributed by atoms with E-state index in [0.29, 0.717) is 6.10 Å². The van der Waals surface area contributed by atoms with Gasteiger partial charge in [-0.05, 0) is 69.4 Å². The lowest BCUT2D eigenvalue weighted by molar-refractivity contribution is -0.0179. The highest BCUT2D eigenvalue weighted by molar-refractivity contribution is 4.95. The average Bonchev–Trinajstić information content (AvgIpc) is 2.89. The molecule has 3 rings (SSSR count). The predicted molar refractivity (Wildman–Crippen MR) is 82.6 cm³/mol. The topological polar surface area (TPSA) is 47.3 Å². The molecule has 0 bridgehead atoms. The second-order valence-corrected chi connectivity index (χ2v) is 7.29. The van der Waals surface area contributed by atoms with Crippen molar-refractivity contribution in [2.75, 3.05) is 19.7 Å². The Hall–Kier alpha value is -0.120. The number of fused-ring (bicyclic) bond motifs is 1. The minimum absolute atomic E-state index is 0.526. The summed E-state index contributed by atoms with van der Waals surface area (Å²) in [5, 5.41) is 3.71. The third kappa shape index (κ3) is 3.55. The van der Waals surface area contributed by atoms with Crippen molar-refractivity contribution in [1.29, 1.82) is 0 Å². The highest BCUT2D eigenvalue weighted by Crippen LogP contribution is 2.37. The van der Waals surface area contributed by atoms with Crippen LogP contribution in [0.4, 0.5) is 0 Å². The Bertz CT molecular complexity index is 291. The molecule has 3 fully saturated rings. The van der Waals surface area contributed by atoms with Gasteiger partial charge in [-0.2, -0.15) is 0 Å². The first-order valence-electron chi connectivity index (χ1n) is 8.92. The van der Waals surface area contributed by atoms with Gasteiger partial charge in [-0.25, -0.2) is 0 Å². The number of hydrogen-bond donors (Lipinski definition) is 2. The molecule has 3 N–H and O–H groups in total. The quantitative estimate of drug-likeness (QED) is 0.814. The highest BCUT2D eigenvalue weighted by atomic mass is 16.5. The van der Waals surface area contributed by atoms with Crippen molar-refractivity contribution >= 4 is 0 Å². The van der Waals surface area contributed by atoms with Gasteiger partial charge in [-0.3, -0.25) is 0 Å². The number of ether oxygens (including phenoxy) is 1. The lowest BCUT2D eigenvalue weighted by Gasteiger charge is -2.35. The zero-order valence-corrected chi connectivity index (χ0v) is 12.9. The molecule has 2 aliphatic carbocycles. The van der Waals surface area contributed by atoms with Crippen LogP contribution in [0.25, 0.3) is 0 Å². The molecule has 0 aromatic carbocycles. The lowest BCUT2D eigenvalue weighted by atomic mass is 9.77. The second-order valence-electron chi connectivity index (χ2n) is 7.29. The third-order valence-corrected chi connectivity index (χ3v) is 5.93. The molecule has 1 heterocycles. The van der Waals surface area contributed by atoms with Gasteiger partial charge < -0.3 is 15.8 Å². The zero-order chi connectivity index (χ0) is 13.8. The Morgan fingerprint density at radius 1 is 1.05 bits per heavy atom. The van der Waals surface area contributed by atoms with Crippen LogP contribution in [0.15, 0.2) is 0 Å². The molecule has 116 valence electrons. The monoisotopic (exact) mass is 280 g/mol. The summed E-state index contributed by atoms with van der Waals surface area (Å²) in [7, 11) is 0. The summed E-state index contributed by atoms with van der Waals surface area (Å²) in [6.07, 6.45) is 12.6. The summed E-state index contributed by atoms with van der Waals surface area (Å²) in [5.41, 5.74) is 5.76. The molecule has 1 saturated heterocycles. The number of nitrogens with one attached hydrogen (secondary N) is 1. The van der Waals surface area contributed by atoms with E-state index >= 15 is 0 Å². The number of hydrogen-bond acceptors (Lipinski definition) is 3. The molecule has 4 unspecified atom stereocenters. The molecule has 20 heavy (non-hydrogen) atoms. The fourth-order valence-corrected chi connectivity index (χ4v) is 4.70. The first kappa shape index (κ1) is 14.8. The van der Waals surface area contributed by atoms with E-state index in [0.717, 1.165) is 36.9 Å². The van der Waals surface area contributed by atoms with Crippen LogP contribution >= 0.6 is 0 Å². The van der Waals surface area contributed by atoms with Crippen LogP contribution in [-0.2, 0) is 4.74 Å². The first-order valence-corrected chi connectivity index (χ1v) is 8.92. The highest BCUT2D eigenvalue weighted by Gasteiger charge is 2.40.